The first kappa shape index (κ1) is 33.7. The van der Waals surface area contributed by atoms with Crippen molar-refractivity contribution in [2.45, 2.75) is 57.2 Å². The van der Waals surface area contributed by atoms with Gasteiger partial charge in [-0.25, -0.2) is 17.6 Å². The van der Waals surface area contributed by atoms with E-state index >= 15 is 0 Å². The second-order valence-electron chi connectivity index (χ2n) is 10.3. The Balaban J connectivity index is 1.45. The molecule has 0 radical (unpaired) electrons. The van der Waals surface area contributed by atoms with Crippen molar-refractivity contribution in [1.82, 2.24) is 0 Å². The monoisotopic (exact) mass is 648 g/mol. The standard InChI is InChI=1S/C32H26F10O3/c1-2-3-4-18-5-7-19(8-6-18)20-13-24(33)29(25(34)14-20)32(41,42)44-22-11-9-21(10-12-22)31(39,40)45-23-15-26(35)30(27(36)16-23)43-17-28(37)38/h3-4,9-19H,2,5-8H2,1H3. The van der Waals surface area contributed by atoms with Crippen LogP contribution in [0.1, 0.15) is 61.6 Å². The molecule has 1 saturated carbocycles. The highest BCUT2D eigenvalue weighted by Crippen LogP contribution is 2.41. The fraction of sp³-hybridized carbons (Fsp3) is 0.312. The van der Waals surface area contributed by atoms with E-state index < -0.39 is 69.9 Å². The van der Waals surface area contributed by atoms with E-state index in [2.05, 4.69) is 26.4 Å². The molecule has 0 N–H and O–H groups in total. The molecule has 3 aromatic rings. The zero-order valence-corrected chi connectivity index (χ0v) is 23.5. The third-order valence-corrected chi connectivity index (χ3v) is 7.16. The van der Waals surface area contributed by atoms with Crippen LogP contribution in [0, 0.1) is 29.2 Å². The zero-order chi connectivity index (χ0) is 32.9. The van der Waals surface area contributed by atoms with Crippen molar-refractivity contribution in [1.29, 1.82) is 0 Å². The Morgan fingerprint density at radius 3 is 1.84 bits per heavy atom. The van der Waals surface area contributed by atoms with Crippen LogP contribution in [0.5, 0.6) is 17.2 Å². The molecule has 0 saturated heterocycles. The topological polar surface area (TPSA) is 27.7 Å². The highest BCUT2D eigenvalue weighted by atomic mass is 19.3. The minimum Gasteiger partial charge on any atom is -0.453 e. The molecule has 3 aromatic carbocycles. The summed E-state index contributed by atoms with van der Waals surface area (Å²) < 4.78 is 154. The molecule has 242 valence electrons. The first-order valence-electron chi connectivity index (χ1n) is 13.8. The molecule has 1 aliphatic rings. The van der Waals surface area contributed by atoms with Crippen molar-refractivity contribution < 1.29 is 58.1 Å². The van der Waals surface area contributed by atoms with Gasteiger partial charge in [-0.3, -0.25) is 0 Å². The predicted molar refractivity (Wildman–Crippen MR) is 143 cm³/mol. The molecular weight excluding hydrogens is 622 g/mol. The van der Waals surface area contributed by atoms with Crippen LogP contribution in [-0.4, -0.2) is 0 Å². The second kappa shape index (κ2) is 13.9. The number of allylic oxidation sites excluding steroid dienone is 2. The summed E-state index contributed by atoms with van der Waals surface area (Å²) in [7, 11) is 0. The van der Waals surface area contributed by atoms with Gasteiger partial charge in [-0.15, -0.1) is 0 Å². The minimum atomic E-state index is -4.53. The fourth-order valence-corrected chi connectivity index (χ4v) is 5.01. The summed E-state index contributed by atoms with van der Waals surface area (Å²) in [5, 5.41) is 0. The minimum absolute atomic E-state index is 0.206. The smallest absolute Gasteiger partial charge is 0.432 e. The maximum absolute atomic E-state index is 14.9. The van der Waals surface area contributed by atoms with Crippen molar-refractivity contribution in [3.63, 3.8) is 0 Å². The molecule has 0 heterocycles. The maximum atomic E-state index is 14.9. The summed E-state index contributed by atoms with van der Waals surface area (Å²) in [6.45, 7) is 2.01. The largest absolute Gasteiger partial charge is 0.453 e. The van der Waals surface area contributed by atoms with E-state index in [1.165, 1.54) is 0 Å². The van der Waals surface area contributed by atoms with E-state index in [9.17, 15) is 43.9 Å². The number of hydrogen-bond donors (Lipinski definition) is 0. The Bertz CT molecular complexity index is 1500. The van der Waals surface area contributed by atoms with Gasteiger partial charge < -0.3 is 14.2 Å². The Hall–Kier alpha value is -4.16. The van der Waals surface area contributed by atoms with Gasteiger partial charge in [0, 0.05) is 12.1 Å². The Morgan fingerprint density at radius 2 is 1.31 bits per heavy atom. The fourth-order valence-electron chi connectivity index (χ4n) is 5.01. The van der Waals surface area contributed by atoms with E-state index in [1.54, 1.807) is 0 Å². The van der Waals surface area contributed by atoms with Crippen molar-refractivity contribution in [2.75, 3.05) is 0 Å². The van der Waals surface area contributed by atoms with Crippen LogP contribution in [0.15, 0.2) is 73.0 Å². The van der Waals surface area contributed by atoms with Gasteiger partial charge >= 0.3 is 18.3 Å². The van der Waals surface area contributed by atoms with Gasteiger partial charge in [0.05, 0.1) is 5.56 Å². The highest BCUT2D eigenvalue weighted by molar-refractivity contribution is 5.37. The van der Waals surface area contributed by atoms with Crippen LogP contribution in [0.25, 0.3) is 0 Å². The summed E-state index contributed by atoms with van der Waals surface area (Å²) in [4.78, 5) is 0. The Morgan fingerprint density at radius 1 is 0.756 bits per heavy atom. The molecular formula is C32H26F10O3. The molecule has 0 spiro atoms. The highest BCUT2D eigenvalue weighted by Gasteiger charge is 2.42. The molecule has 4 rings (SSSR count). The number of benzene rings is 3. The average Bonchev–Trinajstić information content (AvgIpc) is 2.95. The van der Waals surface area contributed by atoms with Crippen LogP contribution in [0.4, 0.5) is 43.9 Å². The summed E-state index contributed by atoms with van der Waals surface area (Å²) in [5.74, 6) is -9.28. The molecule has 0 bridgehead atoms. The third-order valence-electron chi connectivity index (χ3n) is 7.16. The zero-order valence-electron chi connectivity index (χ0n) is 23.5. The molecule has 13 heteroatoms. The lowest BCUT2D eigenvalue weighted by Gasteiger charge is -2.28. The summed E-state index contributed by atoms with van der Waals surface area (Å²) in [6.07, 6.45) is -3.59. The lowest BCUT2D eigenvalue weighted by atomic mass is 9.78. The van der Waals surface area contributed by atoms with Gasteiger partial charge in [-0.1, -0.05) is 19.1 Å². The van der Waals surface area contributed by atoms with Crippen molar-refractivity contribution in [3.05, 3.63) is 113 Å². The van der Waals surface area contributed by atoms with Gasteiger partial charge in [-0.05, 0) is 85.9 Å². The molecule has 0 aliphatic heterocycles. The lowest BCUT2D eigenvalue weighted by molar-refractivity contribution is -0.190. The lowest BCUT2D eigenvalue weighted by Crippen LogP contribution is -2.26. The first-order valence-corrected chi connectivity index (χ1v) is 13.8. The van der Waals surface area contributed by atoms with E-state index in [4.69, 9.17) is 0 Å². The van der Waals surface area contributed by atoms with Crippen molar-refractivity contribution in [2.24, 2.45) is 5.92 Å². The van der Waals surface area contributed by atoms with Crippen molar-refractivity contribution >= 4 is 0 Å². The summed E-state index contributed by atoms with van der Waals surface area (Å²) >= 11 is 0. The molecule has 0 atom stereocenters. The van der Waals surface area contributed by atoms with E-state index in [1.807, 2.05) is 6.92 Å². The summed E-state index contributed by atoms with van der Waals surface area (Å²) in [5.41, 5.74) is -2.38. The molecule has 1 aliphatic carbocycles. The van der Waals surface area contributed by atoms with E-state index in [-0.39, 0.29) is 29.9 Å². The molecule has 3 nitrogen and oxygen atoms in total. The number of hydrogen-bond acceptors (Lipinski definition) is 3. The van der Waals surface area contributed by atoms with Gasteiger partial charge in [0.2, 0.25) is 0 Å². The van der Waals surface area contributed by atoms with Gasteiger partial charge in [0.25, 0.3) is 0 Å². The summed E-state index contributed by atoms with van der Waals surface area (Å²) in [6, 6.07) is 4.64. The molecule has 0 amide bonds. The van der Waals surface area contributed by atoms with Crippen LogP contribution in [-0.2, 0) is 12.2 Å². The number of rotatable bonds is 11. The average molecular weight is 649 g/mol. The van der Waals surface area contributed by atoms with Crippen LogP contribution < -0.4 is 14.2 Å². The Kier molecular flexibility index (Phi) is 10.4. The van der Waals surface area contributed by atoms with Crippen LogP contribution >= 0.6 is 0 Å². The molecule has 0 unspecified atom stereocenters. The number of ether oxygens (including phenoxy) is 3. The SMILES string of the molecule is CCC=CC1CCC(c2cc(F)c(C(F)(F)Oc3ccc(C(F)(F)Oc4cc(F)c(OC=C(F)F)c(F)c4)cc3)c(F)c2)CC1. The number of alkyl halides is 4. The van der Waals surface area contributed by atoms with Gasteiger partial charge in [-0.2, -0.15) is 26.3 Å². The van der Waals surface area contributed by atoms with E-state index in [0.717, 1.165) is 31.4 Å². The Labute approximate surface area is 251 Å². The molecule has 45 heavy (non-hydrogen) atoms. The number of halogens is 10. The second-order valence-corrected chi connectivity index (χ2v) is 10.3. The van der Waals surface area contributed by atoms with Crippen LogP contribution in [0.3, 0.4) is 0 Å². The molecule has 0 aromatic heterocycles. The van der Waals surface area contributed by atoms with Crippen LogP contribution in [0.2, 0.25) is 0 Å². The quantitative estimate of drug-likeness (QED) is 0.118. The predicted octanol–water partition coefficient (Wildman–Crippen LogP) is 10.9. The van der Waals surface area contributed by atoms with Gasteiger partial charge in [0.1, 0.15) is 28.7 Å². The normalized spacial score (nSPS) is 17.3. The van der Waals surface area contributed by atoms with Crippen molar-refractivity contribution in [3.8, 4) is 17.2 Å². The van der Waals surface area contributed by atoms with E-state index in [0.29, 0.717) is 43.0 Å². The first-order chi connectivity index (χ1) is 21.2. The maximum Gasteiger partial charge on any atom is 0.432 e. The third kappa shape index (κ3) is 8.31. The van der Waals surface area contributed by atoms with Gasteiger partial charge in [0.15, 0.2) is 23.6 Å². The molecule has 1 fully saturated rings.